The fraction of sp³-hybridized carbons (Fsp3) is 0.400. The summed E-state index contributed by atoms with van der Waals surface area (Å²) in [4.78, 5) is 8.04. The van der Waals surface area contributed by atoms with Crippen LogP contribution in [0.1, 0.15) is 18.7 Å². The topological polar surface area (TPSA) is 61.0 Å². The largest absolute Gasteiger partial charge is 0.478 e. The van der Waals surface area contributed by atoms with E-state index in [-0.39, 0.29) is 0 Å². The van der Waals surface area contributed by atoms with Gasteiger partial charge >= 0.3 is 0 Å². The molecular formula is C10H15N3O. The van der Waals surface area contributed by atoms with Crippen molar-refractivity contribution < 1.29 is 4.74 Å². The Kier molecular flexibility index (Phi) is 3.91. The number of aromatic nitrogens is 2. The highest BCUT2D eigenvalue weighted by Crippen LogP contribution is 2.10. The second-order valence-corrected chi connectivity index (χ2v) is 2.96. The van der Waals surface area contributed by atoms with E-state index >= 15 is 0 Å². The minimum absolute atomic E-state index is 0.441. The summed E-state index contributed by atoms with van der Waals surface area (Å²) in [6, 6.07) is 1.63. The van der Waals surface area contributed by atoms with Crippen molar-refractivity contribution in [2.75, 3.05) is 12.3 Å². The van der Waals surface area contributed by atoms with E-state index in [0.29, 0.717) is 24.1 Å². The molecule has 0 aliphatic heterocycles. The van der Waals surface area contributed by atoms with Gasteiger partial charge in [0.1, 0.15) is 11.6 Å². The molecule has 0 fully saturated rings. The van der Waals surface area contributed by atoms with Crippen LogP contribution in [-0.2, 0) is 0 Å². The van der Waals surface area contributed by atoms with Crippen LogP contribution in [0.2, 0.25) is 0 Å². The maximum atomic E-state index is 5.54. The summed E-state index contributed by atoms with van der Waals surface area (Å²) in [6.45, 7) is 6.04. The summed E-state index contributed by atoms with van der Waals surface area (Å²) >= 11 is 0. The number of hydrogen-bond donors (Lipinski definition) is 1. The first-order chi connectivity index (χ1) is 6.72. The lowest BCUT2D eigenvalue weighted by molar-refractivity contribution is 0.299. The Morgan fingerprint density at radius 2 is 2.36 bits per heavy atom. The van der Waals surface area contributed by atoms with E-state index in [1.54, 1.807) is 13.0 Å². The van der Waals surface area contributed by atoms with Crippen LogP contribution in [0.5, 0.6) is 5.88 Å². The monoisotopic (exact) mass is 193 g/mol. The third-order valence-electron chi connectivity index (χ3n) is 1.64. The average Bonchev–Trinajstić information content (AvgIpc) is 2.11. The summed E-state index contributed by atoms with van der Waals surface area (Å²) in [5.74, 6) is 1.61. The Bertz CT molecular complexity index is 292. The van der Waals surface area contributed by atoms with Gasteiger partial charge in [0.2, 0.25) is 5.88 Å². The smallest absolute Gasteiger partial charge is 0.218 e. The number of rotatable bonds is 5. The van der Waals surface area contributed by atoms with Crippen molar-refractivity contribution in [1.29, 1.82) is 0 Å². The zero-order chi connectivity index (χ0) is 10.4. The molecule has 0 saturated carbocycles. The first-order valence-electron chi connectivity index (χ1n) is 4.57. The highest BCUT2D eigenvalue weighted by Gasteiger charge is 1.99. The number of ether oxygens (including phenoxy) is 1. The molecule has 0 saturated heterocycles. The maximum Gasteiger partial charge on any atom is 0.218 e. The van der Waals surface area contributed by atoms with Gasteiger partial charge in [0, 0.05) is 6.07 Å². The highest BCUT2D eigenvalue weighted by molar-refractivity contribution is 5.32. The Morgan fingerprint density at radius 3 is 3.00 bits per heavy atom. The Labute approximate surface area is 83.8 Å². The molecule has 2 N–H and O–H groups in total. The van der Waals surface area contributed by atoms with Gasteiger partial charge in [-0.15, -0.1) is 6.58 Å². The van der Waals surface area contributed by atoms with E-state index in [2.05, 4.69) is 16.5 Å². The molecule has 14 heavy (non-hydrogen) atoms. The summed E-state index contributed by atoms with van der Waals surface area (Å²) < 4.78 is 5.39. The third kappa shape index (κ3) is 3.43. The number of allylic oxidation sites excluding steroid dienone is 1. The zero-order valence-electron chi connectivity index (χ0n) is 8.36. The lowest BCUT2D eigenvalue weighted by atomic mass is 10.3. The molecular weight excluding hydrogens is 178 g/mol. The van der Waals surface area contributed by atoms with Crippen molar-refractivity contribution in [3.63, 3.8) is 0 Å². The minimum atomic E-state index is 0.441. The zero-order valence-corrected chi connectivity index (χ0v) is 8.36. The van der Waals surface area contributed by atoms with Gasteiger partial charge in [0.05, 0.1) is 6.61 Å². The molecule has 76 valence electrons. The van der Waals surface area contributed by atoms with Gasteiger partial charge < -0.3 is 10.5 Å². The van der Waals surface area contributed by atoms with Crippen LogP contribution in [-0.4, -0.2) is 16.6 Å². The molecule has 1 heterocycles. The second-order valence-electron chi connectivity index (χ2n) is 2.96. The maximum absolute atomic E-state index is 5.54. The van der Waals surface area contributed by atoms with Crippen molar-refractivity contribution in [2.24, 2.45) is 0 Å². The molecule has 0 spiro atoms. The van der Waals surface area contributed by atoms with Crippen LogP contribution in [0.15, 0.2) is 18.7 Å². The minimum Gasteiger partial charge on any atom is -0.478 e. The van der Waals surface area contributed by atoms with Gasteiger partial charge in [-0.1, -0.05) is 6.08 Å². The van der Waals surface area contributed by atoms with Gasteiger partial charge in [-0.25, -0.2) is 4.98 Å². The van der Waals surface area contributed by atoms with E-state index in [1.807, 2.05) is 6.08 Å². The number of nitrogens with two attached hydrogens (primary N) is 1. The molecule has 1 rings (SSSR count). The number of nitrogen functional groups attached to an aromatic ring is 1. The lowest BCUT2D eigenvalue weighted by Crippen LogP contribution is -2.02. The average molecular weight is 193 g/mol. The predicted octanol–water partition coefficient (Wildman–Crippen LogP) is 1.71. The Morgan fingerprint density at radius 1 is 1.57 bits per heavy atom. The van der Waals surface area contributed by atoms with E-state index in [1.165, 1.54) is 0 Å². The molecule has 0 radical (unpaired) electrons. The Hall–Kier alpha value is -1.58. The normalized spacial score (nSPS) is 9.79. The second kappa shape index (κ2) is 5.21. The third-order valence-corrected chi connectivity index (χ3v) is 1.64. The van der Waals surface area contributed by atoms with E-state index in [9.17, 15) is 0 Å². The number of aryl methyl sites for hydroxylation is 1. The molecule has 0 aliphatic carbocycles. The summed E-state index contributed by atoms with van der Waals surface area (Å²) in [5, 5.41) is 0. The Balaban J connectivity index is 2.46. The van der Waals surface area contributed by atoms with Crippen LogP contribution in [0, 0.1) is 6.92 Å². The predicted molar refractivity (Wildman–Crippen MR) is 56.1 cm³/mol. The molecule has 0 amide bonds. The quantitative estimate of drug-likeness (QED) is 0.571. The fourth-order valence-electron chi connectivity index (χ4n) is 1.04. The van der Waals surface area contributed by atoms with E-state index in [4.69, 9.17) is 10.5 Å². The van der Waals surface area contributed by atoms with Gasteiger partial charge in [0.25, 0.3) is 0 Å². The number of nitrogens with zero attached hydrogens (tertiary/aromatic N) is 2. The summed E-state index contributed by atoms with van der Waals surface area (Å²) in [7, 11) is 0. The molecule has 0 atom stereocenters. The van der Waals surface area contributed by atoms with E-state index < -0.39 is 0 Å². The molecule has 0 aromatic carbocycles. The molecule has 1 aromatic heterocycles. The SMILES string of the molecule is C=CCCCOc1cc(N)nc(C)n1. The van der Waals surface area contributed by atoms with Crippen LogP contribution in [0.4, 0.5) is 5.82 Å². The number of anilines is 1. The van der Waals surface area contributed by atoms with Crippen molar-refractivity contribution in [3.8, 4) is 5.88 Å². The molecule has 1 aromatic rings. The first kappa shape index (κ1) is 10.5. The van der Waals surface area contributed by atoms with Crippen molar-refractivity contribution in [3.05, 3.63) is 24.5 Å². The highest BCUT2D eigenvalue weighted by atomic mass is 16.5. The molecule has 4 nitrogen and oxygen atoms in total. The molecule has 0 aliphatic rings. The van der Waals surface area contributed by atoms with Crippen LogP contribution in [0.25, 0.3) is 0 Å². The molecule has 4 heteroatoms. The summed E-state index contributed by atoms with van der Waals surface area (Å²) in [5.41, 5.74) is 5.54. The first-order valence-corrected chi connectivity index (χ1v) is 4.57. The van der Waals surface area contributed by atoms with Crippen LogP contribution >= 0.6 is 0 Å². The van der Waals surface area contributed by atoms with Gasteiger partial charge in [-0.05, 0) is 19.8 Å². The lowest BCUT2D eigenvalue weighted by Gasteiger charge is -2.05. The fourth-order valence-corrected chi connectivity index (χ4v) is 1.04. The molecule has 0 bridgehead atoms. The van der Waals surface area contributed by atoms with E-state index in [0.717, 1.165) is 12.8 Å². The van der Waals surface area contributed by atoms with Gasteiger partial charge in [-0.3, -0.25) is 0 Å². The number of unbranched alkanes of at least 4 members (excludes halogenated alkanes) is 1. The molecule has 0 unspecified atom stereocenters. The van der Waals surface area contributed by atoms with Crippen LogP contribution < -0.4 is 10.5 Å². The van der Waals surface area contributed by atoms with Crippen molar-refractivity contribution in [2.45, 2.75) is 19.8 Å². The summed E-state index contributed by atoms with van der Waals surface area (Å²) in [6.07, 6.45) is 3.74. The van der Waals surface area contributed by atoms with Gasteiger partial charge in [-0.2, -0.15) is 4.98 Å². The van der Waals surface area contributed by atoms with Gasteiger partial charge in [0.15, 0.2) is 0 Å². The van der Waals surface area contributed by atoms with Crippen molar-refractivity contribution in [1.82, 2.24) is 9.97 Å². The van der Waals surface area contributed by atoms with Crippen molar-refractivity contribution >= 4 is 5.82 Å². The number of hydrogen-bond acceptors (Lipinski definition) is 4. The standard InChI is InChI=1S/C10H15N3O/c1-3-4-5-6-14-10-7-9(11)12-8(2)13-10/h3,7H,1,4-6H2,2H3,(H2,11,12,13). The van der Waals surface area contributed by atoms with Crippen LogP contribution in [0.3, 0.4) is 0 Å².